The van der Waals surface area contributed by atoms with Crippen molar-refractivity contribution in [2.45, 2.75) is 76.9 Å². The fraction of sp³-hybridized carbons (Fsp3) is 0.667. The molecule has 38 heavy (non-hydrogen) atoms. The van der Waals surface area contributed by atoms with E-state index in [0.29, 0.717) is 0 Å². The Morgan fingerprint density at radius 2 is 1.87 bits per heavy atom. The van der Waals surface area contributed by atoms with Gasteiger partial charge in [-0.05, 0) is 20.8 Å². The molecule has 0 spiro atoms. The van der Waals surface area contributed by atoms with Crippen LogP contribution in [0.1, 0.15) is 40.8 Å². The number of aromatic nitrogens is 2. The number of rotatable bonds is 9. The third-order valence-electron chi connectivity index (χ3n) is 5.46. The lowest BCUT2D eigenvalue weighted by Gasteiger charge is -2.36. The predicted octanol–water partition coefficient (Wildman–Crippen LogP) is -0.493. The van der Waals surface area contributed by atoms with Gasteiger partial charge in [0.1, 0.15) is 18.8 Å². The molecular formula is C21H30N3O13P. The number of nitrogens with one attached hydrogen (secondary N) is 1. The quantitative estimate of drug-likeness (QED) is 0.220. The Hall–Kier alpha value is -2.88. The fourth-order valence-corrected chi connectivity index (χ4v) is 5.42. The molecule has 0 bridgehead atoms. The minimum absolute atomic E-state index is 0.329. The van der Waals surface area contributed by atoms with E-state index in [1.54, 1.807) is 13.8 Å². The van der Waals surface area contributed by atoms with Crippen LogP contribution in [0.4, 0.5) is 0 Å². The van der Waals surface area contributed by atoms with Crippen molar-refractivity contribution in [3.05, 3.63) is 33.1 Å². The van der Waals surface area contributed by atoms with Crippen LogP contribution in [0.5, 0.6) is 0 Å². The number of ether oxygens (including phenoxy) is 4. The molecule has 16 nitrogen and oxygen atoms in total. The first-order valence-electron chi connectivity index (χ1n) is 11.5. The lowest BCUT2D eigenvalue weighted by atomic mass is 9.93. The van der Waals surface area contributed by atoms with E-state index in [0.717, 1.165) is 24.5 Å². The molecule has 0 aliphatic carbocycles. The number of carbonyl (C=O) groups excluding carboxylic acids is 3. The van der Waals surface area contributed by atoms with E-state index in [9.17, 15) is 28.5 Å². The van der Waals surface area contributed by atoms with E-state index in [2.05, 4.69) is 4.98 Å². The van der Waals surface area contributed by atoms with Crippen LogP contribution in [-0.2, 0) is 51.5 Å². The molecular weight excluding hydrogens is 533 g/mol. The molecule has 0 radical (unpaired) electrons. The van der Waals surface area contributed by atoms with Gasteiger partial charge in [0.05, 0.1) is 18.2 Å². The fourth-order valence-electron chi connectivity index (χ4n) is 3.93. The molecule has 1 aromatic rings. The van der Waals surface area contributed by atoms with Crippen LogP contribution in [0.15, 0.2) is 21.9 Å². The van der Waals surface area contributed by atoms with E-state index < -0.39 is 85.9 Å². The van der Waals surface area contributed by atoms with Crippen LogP contribution in [-0.4, -0.2) is 76.7 Å². The Morgan fingerprint density at radius 3 is 2.45 bits per heavy atom. The third kappa shape index (κ3) is 6.76. The number of aromatic amines is 1. The van der Waals surface area contributed by atoms with Crippen molar-refractivity contribution in [2.75, 3.05) is 13.2 Å². The molecule has 2 fully saturated rings. The van der Waals surface area contributed by atoms with Crippen LogP contribution < -0.4 is 17.0 Å². The zero-order valence-corrected chi connectivity index (χ0v) is 22.2. The Morgan fingerprint density at radius 1 is 1.21 bits per heavy atom. The van der Waals surface area contributed by atoms with Crippen LogP contribution >= 0.6 is 7.82 Å². The number of hydrogen-bond donors (Lipinski definition) is 2. The molecule has 17 heteroatoms. The topological polar surface area (TPSA) is 214 Å². The van der Waals surface area contributed by atoms with Crippen molar-refractivity contribution in [2.24, 2.45) is 5.73 Å². The third-order valence-corrected chi connectivity index (χ3v) is 6.87. The number of fused-ring (bicyclic) bond motifs is 1. The molecule has 3 rings (SSSR count). The maximum atomic E-state index is 13.3. The lowest BCUT2D eigenvalue weighted by molar-refractivity contribution is -0.185. The van der Waals surface area contributed by atoms with Gasteiger partial charge in [0.15, 0.2) is 12.3 Å². The van der Waals surface area contributed by atoms with Gasteiger partial charge in [-0.3, -0.25) is 37.5 Å². The zero-order chi connectivity index (χ0) is 28.4. The van der Waals surface area contributed by atoms with Crippen molar-refractivity contribution >= 4 is 25.7 Å². The summed E-state index contributed by atoms with van der Waals surface area (Å²) in [5.41, 5.74) is 3.55. The Kier molecular flexibility index (Phi) is 8.96. The molecule has 1 aromatic heterocycles. The number of hydrogen-bond acceptors (Lipinski definition) is 14. The largest absolute Gasteiger partial charge is 0.475 e. The summed E-state index contributed by atoms with van der Waals surface area (Å²) in [6.07, 6.45) is -5.84. The summed E-state index contributed by atoms with van der Waals surface area (Å²) in [5.74, 6) is -2.76. The molecule has 0 aromatic carbocycles. The van der Waals surface area contributed by atoms with E-state index >= 15 is 0 Å². The van der Waals surface area contributed by atoms with Gasteiger partial charge < -0.3 is 24.7 Å². The van der Waals surface area contributed by atoms with Gasteiger partial charge in [-0.25, -0.2) is 14.2 Å². The van der Waals surface area contributed by atoms with Gasteiger partial charge in [-0.15, -0.1) is 0 Å². The van der Waals surface area contributed by atoms with Gasteiger partial charge in [-0.2, -0.15) is 0 Å². The first kappa shape index (κ1) is 29.7. The van der Waals surface area contributed by atoms with Gasteiger partial charge in [-0.1, -0.05) is 0 Å². The SMILES string of the molecule is CC(=O)O[C@H](C(=O)OC(C)C)[C@@H](CO[P@@]1(=O)OC[C@H]2O[C@@H](n3ccc(=O)[nH]c3=O)[C@](C)(N)[C@@H]2O1)OC(C)=O. The predicted molar refractivity (Wildman–Crippen MR) is 125 cm³/mol. The minimum atomic E-state index is -4.42. The summed E-state index contributed by atoms with van der Waals surface area (Å²) in [4.78, 5) is 61.6. The summed E-state index contributed by atoms with van der Waals surface area (Å²) in [5, 5.41) is 0. The average molecular weight is 563 g/mol. The number of nitrogens with two attached hydrogens (primary N) is 1. The van der Waals surface area contributed by atoms with Crippen molar-refractivity contribution in [1.29, 1.82) is 0 Å². The molecule has 0 saturated carbocycles. The van der Waals surface area contributed by atoms with E-state index in [1.807, 2.05) is 0 Å². The number of phosphoric ester groups is 1. The molecule has 3 N–H and O–H groups in total. The minimum Gasteiger partial charge on any atom is -0.460 e. The molecule has 212 valence electrons. The summed E-state index contributed by atoms with van der Waals surface area (Å²) < 4.78 is 51.5. The van der Waals surface area contributed by atoms with Crippen molar-refractivity contribution < 1.29 is 51.5 Å². The Bertz CT molecular complexity index is 1230. The molecule has 0 amide bonds. The highest BCUT2D eigenvalue weighted by Crippen LogP contribution is 2.58. The van der Waals surface area contributed by atoms with Gasteiger partial charge >= 0.3 is 31.4 Å². The van der Waals surface area contributed by atoms with E-state index in [-0.39, 0.29) is 6.61 Å². The molecule has 7 atom stereocenters. The van der Waals surface area contributed by atoms with Crippen LogP contribution in [0, 0.1) is 0 Å². The summed E-state index contributed by atoms with van der Waals surface area (Å²) in [6, 6.07) is 1.10. The molecule has 2 aliphatic heterocycles. The first-order valence-corrected chi connectivity index (χ1v) is 13.0. The summed E-state index contributed by atoms with van der Waals surface area (Å²) in [7, 11) is -4.42. The summed E-state index contributed by atoms with van der Waals surface area (Å²) in [6.45, 7) is 5.58. The van der Waals surface area contributed by atoms with Crippen LogP contribution in [0.25, 0.3) is 0 Å². The van der Waals surface area contributed by atoms with E-state index in [1.165, 1.54) is 13.1 Å². The second-order valence-electron chi connectivity index (χ2n) is 9.14. The number of carbonyl (C=O) groups is 3. The smallest absolute Gasteiger partial charge is 0.460 e. The molecule has 2 saturated heterocycles. The first-order chi connectivity index (χ1) is 17.6. The Labute approximate surface area is 216 Å². The monoisotopic (exact) mass is 563 g/mol. The van der Waals surface area contributed by atoms with Gasteiger partial charge in [0.25, 0.3) is 5.56 Å². The normalized spacial score (nSPS) is 30.2. The number of esters is 3. The van der Waals surface area contributed by atoms with E-state index in [4.69, 9.17) is 38.3 Å². The average Bonchev–Trinajstić information content (AvgIpc) is 3.04. The number of phosphoric acid groups is 1. The maximum absolute atomic E-state index is 13.3. The lowest BCUT2D eigenvalue weighted by Crippen LogP contribution is -2.55. The highest BCUT2D eigenvalue weighted by atomic mass is 31.2. The number of H-pyrrole nitrogens is 1. The van der Waals surface area contributed by atoms with Crippen LogP contribution in [0.3, 0.4) is 0 Å². The molecule has 3 heterocycles. The second-order valence-corrected chi connectivity index (χ2v) is 10.8. The highest BCUT2D eigenvalue weighted by Gasteiger charge is 2.59. The van der Waals surface area contributed by atoms with Gasteiger partial charge in [0, 0.05) is 26.1 Å². The summed E-state index contributed by atoms with van der Waals surface area (Å²) >= 11 is 0. The molecule has 2 aliphatic rings. The highest BCUT2D eigenvalue weighted by molar-refractivity contribution is 7.48. The van der Waals surface area contributed by atoms with Crippen molar-refractivity contribution in [1.82, 2.24) is 9.55 Å². The Balaban J connectivity index is 1.79. The standard InChI is InChI=1S/C21H30N3O13P/c1-10(2)33-18(28)16(35-12(4)26)13(34-11(3)25)8-31-38(30)32-9-14-17(37-38)21(5,22)19(36-14)24-7-6-15(27)23-20(24)29/h6-7,10,13-14,16-17,19H,8-9,22H2,1-5H3,(H,23,27,29)/t13-,14-,16+,17-,19-,21-,38+/m1/s1. The van der Waals surface area contributed by atoms with Crippen LogP contribution in [0.2, 0.25) is 0 Å². The van der Waals surface area contributed by atoms with Gasteiger partial charge in [0.2, 0.25) is 6.10 Å². The number of nitrogens with zero attached hydrogens (tertiary/aromatic N) is 1. The zero-order valence-electron chi connectivity index (χ0n) is 21.3. The maximum Gasteiger partial charge on any atom is 0.475 e. The molecule has 0 unspecified atom stereocenters. The van der Waals surface area contributed by atoms with Crippen molar-refractivity contribution in [3.8, 4) is 0 Å². The second kappa shape index (κ2) is 11.5. The van der Waals surface area contributed by atoms with Crippen molar-refractivity contribution in [3.63, 3.8) is 0 Å².